The van der Waals surface area contributed by atoms with Gasteiger partial charge < -0.3 is 10.4 Å². The summed E-state index contributed by atoms with van der Waals surface area (Å²) in [6, 6.07) is 1.88. The zero-order chi connectivity index (χ0) is 19.1. The number of aryl methyl sites for hydroxylation is 3. The Labute approximate surface area is 151 Å². The lowest BCUT2D eigenvalue weighted by atomic mass is 9.76. The number of aromatic nitrogens is 4. The fraction of sp³-hybridized carbons (Fsp3) is 0.500. The molecule has 0 aromatic carbocycles. The van der Waals surface area contributed by atoms with E-state index in [2.05, 4.69) is 20.4 Å². The Morgan fingerprint density at radius 2 is 1.81 bits per heavy atom. The van der Waals surface area contributed by atoms with Crippen LogP contribution >= 0.6 is 0 Å². The predicted molar refractivity (Wildman–Crippen MR) is 94.2 cm³/mol. The molecule has 1 amide bonds. The lowest BCUT2D eigenvalue weighted by molar-refractivity contribution is -0.151. The van der Waals surface area contributed by atoms with Gasteiger partial charge in [-0.05, 0) is 53.0 Å². The number of carboxylic acid groups (broad SMARTS) is 1. The van der Waals surface area contributed by atoms with Crippen LogP contribution in [0.1, 0.15) is 47.6 Å². The zero-order valence-electron chi connectivity index (χ0n) is 15.5. The maximum absolute atomic E-state index is 12.4. The van der Waals surface area contributed by atoms with Crippen molar-refractivity contribution < 1.29 is 14.7 Å². The average Bonchev–Trinajstić information content (AvgIpc) is 2.77. The molecular weight excluding hydrogens is 334 g/mol. The van der Waals surface area contributed by atoms with E-state index in [1.165, 1.54) is 0 Å². The first kappa shape index (κ1) is 18.0. The molecule has 0 aliphatic heterocycles. The van der Waals surface area contributed by atoms with Crippen LogP contribution in [0.25, 0.3) is 5.95 Å². The largest absolute Gasteiger partial charge is 0.480 e. The Bertz CT molecular complexity index is 863. The topological polar surface area (TPSA) is 110 Å². The van der Waals surface area contributed by atoms with Gasteiger partial charge in [-0.25, -0.2) is 19.4 Å². The van der Waals surface area contributed by atoms with Crippen molar-refractivity contribution in [3.05, 3.63) is 34.4 Å². The molecule has 0 spiro atoms. The minimum absolute atomic E-state index is 0.0808. The molecule has 8 nitrogen and oxygen atoms in total. The molecule has 2 N–H and O–H groups in total. The SMILES string of the molecule is Cc1cc(C)nc(-n2nc(C)c(CC(=O)NC3(C(=O)O)CCC3)c2C)n1. The standard InChI is InChI=1S/C18H23N5O3/c1-10-8-11(2)20-17(19-10)23-13(4)14(12(3)22-23)9-15(24)21-18(16(25)26)6-5-7-18/h8H,5-7,9H2,1-4H3,(H,21,24)(H,25,26). The van der Waals surface area contributed by atoms with Crippen molar-refractivity contribution in [3.63, 3.8) is 0 Å². The molecule has 3 rings (SSSR count). The van der Waals surface area contributed by atoms with Gasteiger partial charge in [-0.15, -0.1) is 0 Å². The van der Waals surface area contributed by atoms with Crippen LogP contribution in [-0.4, -0.2) is 42.3 Å². The molecule has 0 bridgehead atoms. The number of nitrogens with zero attached hydrogens (tertiary/aromatic N) is 4. The Morgan fingerprint density at radius 3 is 2.31 bits per heavy atom. The molecule has 0 radical (unpaired) electrons. The summed E-state index contributed by atoms with van der Waals surface area (Å²) in [4.78, 5) is 32.7. The quantitative estimate of drug-likeness (QED) is 0.840. The molecule has 1 aliphatic rings. The van der Waals surface area contributed by atoms with Gasteiger partial charge in [0.05, 0.1) is 12.1 Å². The van der Waals surface area contributed by atoms with Gasteiger partial charge in [-0.1, -0.05) is 0 Å². The van der Waals surface area contributed by atoms with E-state index >= 15 is 0 Å². The Balaban J connectivity index is 1.84. The molecule has 1 saturated carbocycles. The van der Waals surface area contributed by atoms with Gasteiger partial charge in [0.2, 0.25) is 5.91 Å². The maximum atomic E-state index is 12.4. The van der Waals surface area contributed by atoms with E-state index in [0.717, 1.165) is 29.1 Å². The monoisotopic (exact) mass is 357 g/mol. The van der Waals surface area contributed by atoms with E-state index in [4.69, 9.17) is 0 Å². The first-order chi connectivity index (χ1) is 12.2. The van der Waals surface area contributed by atoms with E-state index < -0.39 is 11.5 Å². The van der Waals surface area contributed by atoms with Crippen LogP contribution in [0.5, 0.6) is 0 Å². The normalized spacial score (nSPS) is 15.4. The summed E-state index contributed by atoms with van der Waals surface area (Å²) in [5, 5.41) is 16.5. The summed E-state index contributed by atoms with van der Waals surface area (Å²) in [7, 11) is 0. The number of hydrogen-bond acceptors (Lipinski definition) is 5. The third-order valence-electron chi connectivity index (χ3n) is 4.93. The van der Waals surface area contributed by atoms with E-state index in [0.29, 0.717) is 24.5 Å². The van der Waals surface area contributed by atoms with Gasteiger partial charge in [0.15, 0.2) is 0 Å². The fourth-order valence-corrected chi connectivity index (χ4v) is 3.32. The average molecular weight is 357 g/mol. The van der Waals surface area contributed by atoms with Crippen LogP contribution < -0.4 is 5.32 Å². The van der Waals surface area contributed by atoms with Crippen LogP contribution in [0.3, 0.4) is 0 Å². The molecule has 2 heterocycles. The van der Waals surface area contributed by atoms with E-state index in [9.17, 15) is 14.7 Å². The number of aliphatic carboxylic acids is 1. The molecule has 0 unspecified atom stereocenters. The molecule has 8 heteroatoms. The Morgan fingerprint density at radius 1 is 1.19 bits per heavy atom. The summed E-state index contributed by atoms with van der Waals surface area (Å²) in [6.45, 7) is 7.47. The molecule has 0 saturated heterocycles. The van der Waals surface area contributed by atoms with Crippen LogP contribution in [0.15, 0.2) is 6.07 Å². The lowest BCUT2D eigenvalue weighted by Gasteiger charge is -2.38. The van der Waals surface area contributed by atoms with Crippen molar-refractivity contribution >= 4 is 11.9 Å². The minimum atomic E-state index is -1.11. The van der Waals surface area contributed by atoms with Crippen LogP contribution in [-0.2, 0) is 16.0 Å². The predicted octanol–water partition coefficient (Wildman–Crippen LogP) is 1.56. The van der Waals surface area contributed by atoms with Gasteiger partial charge in [0.1, 0.15) is 5.54 Å². The molecule has 2 aromatic rings. The van der Waals surface area contributed by atoms with Gasteiger partial charge in [-0.3, -0.25) is 4.79 Å². The van der Waals surface area contributed by atoms with Crippen molar-refractivity contribution in [2.24, 2.45) is 0 Å². The Kier molecular flexibility index (Phi) is 4.52. The van der Waals surface area contributed by atoms with E-state index in [1.807, 2.05) is 33.8 Å². The highest BCUT2D eigenvalue weighted by Gasteiger charge is 2.45. The molecule has 1 aliphatic carbocycles. The number of carbonyl (C=O) groups excluding carboxylic acids is 1. The highest BCUT2D eigenvalue weighted by molar-refractivity contribution is 5.88. The molecule has 1 fully saturated rings. The van der Waals surface area contributed by atoms with Gasteiger partial charge in [0, 0.05) is 22.6 Å². The summed E-state index contributed by atoms with van der Waals surface area (Å²) in [6.07, 6.45) is 1.84. The second kappa shape index (κ2) is 6.51. The number of carboxylic acids is 1. The smallest absolute Gasteiger partial charge is 0.329 e. The highest BCUT2D eigenvalue weighted by Crippen LogP contribution is 2.32. The third kappa shape index (κ3) is 3.18. The Hall–Kier alpha value is -2.77. The van der Waals surface area contributed by atoms with Gasteiger partial charge >= 0.3 is 5.97 Å². The first-order valence-corrected chi connectivity index (χ1v) is 8.64. The number of nitrogens with one attached hydrogen (secondary N) is 1. The molecular formula is C18H23N5O3. The minimum Gasteiger partial charge on any atom is -0.480 e. The third-order valence-corrected chi connectivity index (χ3v) is 4.93. The van der Waals surface area contributed by atoms with E-state index in [1.54, 1.807) is 4.68 Å². The van der Waals surface area contributed by atoms with Gasteiger partial charge in [-0.2, -0.15) is 5.10 Å². The van der Waals surface area contributed by atoms with E-state index in [-0.39, 0.29) is 12.3 Å². The first-order valence-electron chi connectivity index (χ1n) is 8.64. The molecule has 138 valence electrons. The van der Waals surface area contributed by atoms with Crippen molar-refractivity contribution in [2.45, 2.75) is 58.9 Å². The summed E-state index contributed by atoms with van der Waals surface area (Å²) in [5.74, 6) is -0.806. The summed E-state index contributed by atoms with van der Waals surface area (Å²) >= 11 is 0. The number of amides is 1. The number of hydrogen-bond donors (Lipinski definition) is 2. The van der Waals surface area contributed by atoms with Crippen molar-refractivity contribution in [1.82, 2.24) is 25.1 Å². The van der Waals surface area contributed by atoms with Crippen LogP contribution in [0.2, 0.25) is 0 Å². The number of rotatable bonds is 5. The van der Waals surface area contributed by atoms with Crippen molar-refractivity contribution in [1.29, 1.82) is 0 Å². The highest BCUT2D eigenvalue weighted by atomic mass is 16.4. The fourth-order valence-electron chi connectivity index (χ4n) is 3.32. The van der Waals surface area contributed by atoms with Crippen LogP contribution in [0, 0.1) is 27.7 Å². The molecule has 2 aromatic heterocycles. The summed E-state index contributed by atoms with van der Waals surface area (Å²) in [5.41, 5.74) is 2.83. The second-order valence-corrected chi connectivity index (χ2v) is 6.98. The number of carbonyl (C=O) groups is 2. The second-order valence-electron chi connectivity index (χ2n) is 6.98. The maximum Gasteiger partial charge on any atom is 0.329 e. The zero-order valence-corrected chi connectivity index (χ0v) is 15.5. The van der Waals surface area contributed by atoms with Crippen molar-refractivity contribution in [3.8, 4) is 5.95 Å². The van der Waals surface area contributed by atoms with Gasteiger partial charge in [0.25, 0.3) is 5.95 Å². The lowest BCUT2D eigenvalue weighted by Crippen LogP contribution is -2.59. The van der Waals surface area contributed by atoms with Crippen molar-refractivity contribution in [2.75, 3.05) is 0 Å². The van der Waals surface area contributed by atoms with Crippen LogP contribution in [0.4, 0.5) is 0 Å². The molecule has 26 heavy (non-hydrogen) atoms. The molecule has 0 atom stereocenters. The summed E-state index contributed by atoms with van der Waals surface area (Å²) < 4.78 is 1.63.